The SMILES string of the molecule is CN=C(NCCNC(=O)C1CC1)N(C)CCc1cccs1. The lowest BCUT2D eigenvalue weighted by molar-refractivity contribution is -0.122. The Labute approximate surface area is 130 Å². The van der Waals surface area contributed by atoms with Gasteiger partial charge >= 0.3 is 0 Å². The lowest BCUT2D eigenvalue weighted by atomic mass is 10.3. The van der Waals surface area contributed by atoms with E-state index in [0.717, 1.165) is 31.8 Å². The van der Waals surface area contributed by atoms with E-state index in [1.54, 1.807) is 18.4 Å². The molecule has 0 aliphatic heterocycles. The molecule has 0 aromatic carbocycles. The van der Waals surface area contributed by atoms with E-state index in [1.165, 1.54) is 4.88 Å². The van der Waals surface area contributed by atoms with Crippen molar-refractivity contribution in [1.82, 2.24) is 15.5 Å². The Morgan fingerprint density at radius 1 is 1.43 bits per heavy atom. The van der Waals surface area contributed by atoms with E-state index in [4.69, 9.17) is 0 Å². The van der Waals surface area contributed by atoms with Crippen molar-refractivity contribution >= 4 is 23.2 Å². The van der Waals surface area contributed by atoms with Crippen LogP contribution in [-0.2, 0) is 11.2 Å². The van der Waals surface area contributed by atoms with Gasteiger partial charge in [0.1, 0.15) is 0 Å². The van der Waals surface area contributed by atoms with Gasteiger partial charge in [-0.15, -0.1) is 11.3 Å². The third-order valence-corrected chi connectivity index (χ3v) is 4.44. The maximum Gasteiger partial charge on any atom is 0.223 e. The average Bonchev–Trinajstić information content (AvgIpc) is 3.21. The van der Waals surface area contributed by atoms with E-state index in [9.17, 15) is 4.79 Å². The number of carbonyl (C=O) groups is 1. The molecule has 1 aromatic heterocycles. The topological polar surface area (TPSA) is 56.7 Å². The summed E-state index contributed by atoms with van der Waals surface area (Å²) in [6, 6.07) is 4.23. The molecule has 1 saturated carbocycles. The molecule has 1 fully saturated rings. The first-order chi connectivity index (χ1) is 10.2. The molecule has 1 aliphatic carbocycles. The van der Waals surface area contributed by atoms with Crippen molar-refractivity contribution < 1.29 is 4.79 Å². The summed E-state index contributed by atoms with van der Waals surface area (Å²) in [5, 5.41) is 8.32. The number of nitrogens with one attached hydrogen (secondary N) is 2. The van der Waals surface area contributed by atoms with Gasteiger partial charge in [-0.3, -0.25) is 9.79 Å². The first-order valence-electron chi connectivity index (χ1n) is 7.42. The van der Waals surface area contributed by atoms with Gasteiger partial charge in [0.15, 0.2) is 5.96 Å². The minimum Gasteiger partial charge on any atom is -0.354 e. The molecule has 2 N–H and O–H groups in total. The third-order valence-electron chi connectivity index (χ3n) is 3.50. The summed E-state index contributed by atoms with van der Waals surface area (Å²) >= 11 is 1.78. The van der Waals surface area contributed by atoms with Crippen LogP contribution in [0.15, 0.2) is 22.5 Å². The number of nitrogens with zero attached hydrogens (tertiary/aromatic N) is 2. The van der Waals surface area contributed by atoms with E-state index in [1.807, 2.05) is 7.05 Å². The third kappa shape index (κ3) is 5.38. The van der Waals surface area contributed by atoms with Crippen molar-refractivity contribution in [2.45, 2.75) is 19.3 Å². The molecule has 5 nitrogen and oxygen atoms in total. The fraction of sp³-hybridized carbons (Fsp3) is 0.600. The molecule has 1 heterocycles. The summed E-state index contributed by atoms with van der Waals surface area (Å²) in [6.45, 7) is 2.27. The Hall–Kier alpha value is -1.56. The molecule has 0 atom stereocenters. The smallest absolute Gasteiger partial charge is 0.223 e. The highest BCUT2D eigenvalue weighted by molar-refractivity contribution is 7.09. The van der Waals surface area contributed by atoms with Crippen LogP contribution in [0.1, 0.15) is 17.7 Å². The summed E-state index contributed by atoms with van der Waals surface area (Å²) in [7, 11) is 3.82. The van der Waals surface area contributed by atoms with Crippen LogP contribution in [0.5, 0.6) is 0 Å². The molecule has 0 saturated heterocycles. The molecular formula is C15H24N4OS. The van der Waals surface area contributed by atoms with E-state index in [0.29, 0.717) is 13.1 Å². The van der Waals surface area contributed by atoms with Crippen LogP contribution in [-0.4, -0.2) is 50.5 Å². The average molecular weight is 308 g/mol. The van der Waals surface area contributed by atoms with E-state index in [-0.39, 0.29) is 11.8 Å². The molecule has 0 radical (unpaired) electrons. The van der Waals surface area contributed by atoms with Gasteiger partial charge in [0.05, 0.1) is 0 Å². The van der Waals surface area contributed by atoms with Crippen molar-refractivity contribution in [3.05, 3.63) is 22.4 Å². The maximum atomic E-state index is 11.5. The highest BCUT2D eigenvalue weighted by Crippen LogP contribution is 2.28. The van der Waals surface area contributed by atoms with Crippen molar-refractivity contribution in [2.75, 3.05) is 33.7 Å². The number of amides is 1. The number of hydrogen-bond donors (Lipinski definition) is 2. The molecular weight excluding hydrogens is 284 g/mol. The number of aliphatic imine (C=N–C) groups is 1. The van der Waals surface area contributed by atoms with E-state index < -0.39 is 0 Å². The van der Waals surface area contributed by atoms with Crippen LogP contribution in [0.25, 0.3) is 0 Å². The predicted octanol–water partition coefficient (Wildman–Crippen LogP) is 1.32. The van der Waals surface area contributed by atoms with Crippen LogP contribution >= 0.6 is 11.3 Å². The van der Waals surface area contributed by atoms with Crippen LogP contribution in [0.3, 0.4) is 0 Å². The zero-order chi connectivity index (χ0) is 15.1. The quantitative estimate of drug-likeness (QED) is 0.454. The highest BCUT2D eigenvalue weighted by atomic mass is 32.1. The molecule has 6 heteroatoms. The Morgan fingerprint density at radius 2 is 2.19 bits per heavy atom. The Bertz CT molecular complexity index is 468. The summed E-state index contributed by atoms with van der Waals surface area (Å²) in [5.41, 5.74) is 0. The molecule has 0 bridgehead atoms. The fourth-order valence-corrected chi connectivity index (χ4v) is 2.77. The number of hydrogen-bond acceptors (Lipinski definition) is 3. The van der Waals surface area contributed by atoms with Crippen LogP contribution in [0.2, 0.25) is 0 Å². The van der Waals surface area contributed by atoms with Gasteiger partial charge in [-0.05, 0) is 30.7 Å². The number of thiophene rings is 1. The van der Waals surface area contributed by atoms with Crippen LogP contribution in [0.4, 0.5) is 0 Å². The number of guanidine groups is 1. The molecule has 1 amide bonds. The zero-order valence-electron chi connectivity index (χ0n) is 12.8. The Balaban J connectivity index is 1.63. The van der Waals surface area contributed by atoms with E-state index in [2.05, 4.69) is 38.0 Å². The van der Waals surface area contributed by atoms with Gasteiger partial charge in [0.25, 0.3) is 0 Å². The Morgan fingerprint density at radius 3 is 2.81 bits per heavy atom. The maximum absolute atomic E-state index is 11.5. The van der Waals surface area contributed by atoms with Crippen LogP contribution in [0, 0.1) is 5.92 Å². The van der Waals surface area contributed by atoms with Crippen LogP contribution < -0.4 is 10.6 Å². The van der Waals surface area contributed by atoms with Gasteiger partial charge < -0.3 is 15.5 Å². The normalized spacial score (nSPS) is 14.9. The van der Waals surface area contributed by atoms with Crippen molar-refractivity contribution in [1.29, 1.82) is 0 Å². The van der Waals surface area contributed by atoms with Gasteiger partial charge in [-0.1, -0.05) is 6.07 Å². The zero-order valence-corrected chi connectivity index (χ0v) is 13.6. The van der Waals surface area contributed by atoms with Gasteiger partial charge in [0, 0.05) is 44.5 Å². The summed E-state index contributed by atoms with van der Waals surface area (Å²) in [5.74, 6) is 1.34. The van der Waals surface area contributed by atoms with Gasteiger partial charge in [-0.25, -0.2) is 0 Å². The molecule has 1 aliphatic rings. The van der Waals surface area contributed by atoms with Gasteiger partial charge in [-0.2, -0.15) is 0 Å². The number of carbonyl (C=O) groups excluding carboxylic acids is 1. The minimum absolute atomic E-state index is 0.192. The highest BCUT2D eigenvalue weighted by Gasteiger charge is 2.28. The number of rotatable bonds is 7. The summed E-state index contributed by atoms with van der Waals surface area (Å²) in [4.78, 5) is 19.3. The minimum atomic E-state index is 0.192. The van der Waals surface area contributed by atoms with E-state index >= 15 is 0 Å². The summed E-state index contributed by atoms with van der Waals surface area (Å²) < 4.78 is 0. The van der Waals surface area contributed by atoms with Crippen molar-refractivity contribution in [3.63, 3.8) is 0 Å². The lowest BCUT2D eigenvalue weighted by Gasteiger charge is -2.21. The second kappa shape index (κ2) is 8.02. The number of likely N-dealkylation sites (N-methyl/N-ethyl adjacent to an activating group) is 1. The monoisotopic (exact) mass is 308 g/mol. The predicted molar refractivity (Wildman–Crippen MR) is 87.7 cm³/mol. The molecule has 21 heavy (non-hydrogen) atoms. The second-order valence-corrected chi connectivity index (χ2v) is 6.32. The lowest BCUT2D eigenvalue weighted by Crippen LogP contribution is -2.43. The standard InChI is InChI=1S/C15H24N4OS/c1-16-15(18-9-8-17-14(20)12-5-6-12)19(2)10-7-13-4-3-11-21-13/h3-4,11-12H,5-10H2,1-2H3,(H,16,18)(H,17,20). The molecule has 1 aromatic rings. The molecule has 0 spiro atoms. The van der Waals surface area contributed by atoms with Crippen molar-refractivity contribution in [2.24, 2.45) is 10.9 Å². The summed E-state index contributed by atoms with van der Waals surface area (Å²) in [6.07, 6.45) is 3.12. The van der Waals surface area contributed by atoms with Crippen molar-refractivity contribution in [3.8, 4) is 0 Å². The fourth-order valence-electron chi connectivity index (χ4n) is 2.07. The first kappa shape index (κ1) is 15.8. The Kier molecular flexibility index (Phi) is 6.04. The van der Waals surface area contributed by atoms with Gasteiger partial charge in [0.2, 0.25) is 5.91 Å². The largest absolute Gasteiger partial charge is 0.354 e. The second-order valence-electron chi connectivity index (χ2n) is 5.29. The molecule has 2 rings (SSSR count). The molecule has 0 unspecified atom stereocenters. The molecule has 116 valence electrons. The first-order valence-corrected chi connectivity index (χ1v) is 8.30.